The van der Waals surface area contributed by atoms with Gasteiger partial charge in [-0.3, -0.25) is 0 Å². The molecule has 2 rings (SSSR count). The average Bonchev–Trinajstić information content (AvgIpc) is 2.19. The van der Waals surface area contributed by atoms with Crippen molar-refractivity contribution in [2.45, 2.75) is 29.8 Å². The van der Waals surface area contributed by atoms with Gasteiger partial charge in [0.05, 0.1) is 9.92 Å². The Labute approximate surface area is 104 Å². The van der Waals surface area contributed by atoms with E-state index >= 15 is 0 Å². The summed E-state index contributed by atoms with van der Waals surface area (Å²) in [6.45, 7) is 0. The Balaban J connectivity index is 2.17. The van der Waals surface area contributed by atoms with Gasteiger partial charge in [-0.1, -0.05) is 11.6 Å². The molecule has 4 nitrogen and oxygen atoms in total. The molecule has 1 aliphatic carbocycles. The lowest BCUT2D eigenvalue weighted by Gasteiger charge is -2.32. The number of nitrogens with one attached hydrogen (secondary N) is 1. The van der Waals surface area contributed by atoms with Crippen LogP contribution < -0.4 is 10.5 Å². The Morgan fingerprint density at radius 2 is 2.06 bits per heavy atom. The maximum atomic E-state index is 12.9. The third kappa shape index (κ3) is 2.77. The Morgan fingerprint density at radius 3 is 2.59 bits per heavy atom. The van der Waals surface area contributed by atoms with Crippen molar-refractivity contribution in [3.8, 4) is 0 Å². The topological polar surface area (TPSA) is 72.2 Å². The van der Waals surface area contributed by atoms with Crippen molar-refractivity contribution >= 4 is 21.6 Å². The summed E-state index contributed by atoms with van der Waals surface area (Å²) in [6, 6.07) is 3.22. The Bertz CT molecular complexity index is 529. The molecular weight excluding hydrogens is 267 g/mol. The van der Waals surface area contributed by atoms with Crippen LogP contribution >= 0.6 is 11.6 Å². The Kier molecular flexibility index (Phi) is 3.40. The summed E-state index contributed by atoms with van der Waals surface area (Å²) in [5.41, 5.74) is 5.56. The highest BCUT2D eigenvalue weighted by Gasteiger charge is 2.30. The minimum atomic E-state index is -3.64. The van der Waals surface area contributed by atoms with Crippen LogP contribution in [0.3, 0.4) is 0 Å². The predicted octanol–water partition coefficient (Wildman–Crippen LogP) is 1.25. The van der Waals surface area contributed by atoms with E-state index in [2.05, 4.69) is 4.72 Å². The zero-order chi connectivity index (χ0) is 12.6. The van der Waals surface area contributed by atoms with Gasteiger partial charge in [-0.05, 0) is 31.0 Å². The number of hydrogen-bond donors (Lipinski definition) is 2. The highest BCUT2D eigenvalue weighted by Crippen LogP contribution is 2.23. The first kappa shape index (κ1) is 12.8. The first-order chi connectivity index (χ1) is 7.88. The number of halogens is 2. The molecule has 1 aromatic rings. The van der Waals surface area contributed by atoms with Crippen LogP contribution in [-0.2, 0) is 10.0 Å². The highest BCUT2D eigenvalue weighted by molar-refractivity contribution is 7.89. The van der Waals surface area contributed by atoms with E-state index in [1.807, 2.05) is 0 Å². The van der Waals surface area contributed by atoms with E-state index in [4.69, 9.17) is 17.3 Å². The van der Waals surface area contributed by atoms with Crippen LogP contribution in [0.15, 0.2) is 23.1 Å². The quantitative estimate of drug-likeness (QED) is 0.874. The normalized spacial score (nSPS) is 24.4. The molecular formula is C10H12ClFN2O2S. The van der Waals surface area contributed by atoms with E-state index in [-0.39, 0.29) is 22.0 Å². The minimum Gasteiger partial charge on any atom is -0.328 e. The Morgan fingerprint density at radius 1 is 1.41 bits per heavy atom. The average molecular weight is 279 g/mol. The van der Waals surface area contributed by atoms with Gasteiger partial charge in [-0.2, -0.15) is 0 Å². The molecule has 1 saturated carbocycles. The molecule has 1 fully saturated rings. The molecule has 1 aliphatic rings. The van der Waals surface area contributed by atoms with Gasteiger partial charge in [-0.15, -0.1) is 0 Å². The second kappa shape index (κ2) is 4.53. The van der Waals surface area contributed by atoms with Crippen LogP contribution in [0, 0.1) is 5.82 Å². The summed E-state index contributed by atoms with van der Waals surface area (Å²) in [5.74, 6) is -0.642. The first-order valence-corrected chi connectivity index (χ1v) is 6.97. The molecule has 0 bridgehead atoms. The molecule has 17 heavy (non-hydrogen) atoms. The predicted molar refractivity (Wildman–Crippen MR) is 62.7 cm³/mol. The van der Waals surface area contributed by atoms with E-state index in [0.29, 0.717) is 12.8 Å². The molecule has 1 aromatic carbocycles. The number of benzene rings is 1. The van der Waals surface area contributed by atoms with Crippen LogP contribution in [0.25, 0.3) is 0 Å². The standard InChI is InChI=1S/C10H12ClFN2O2S/c11-9-5-8(1-2-10(9)12)17(15,16)14-7-3-6(13)4-7/h1-2,5-7,14H,3-4,13H2. The van der Waals surface area contributed by atoms with Crippen LogP contribution in [0.2, 0.25) is 5.02 Å². The lowest BCUT2D eigenvalue weighted by molar-refractivity contribution is 0.327. The summed E-state index contributed by atoms with van der Waals surface area (Å²) in [4.78, 5) is -0.0376. The highest BCUT2D eigenvalue weighted by atomic mass is 35.5. The molecule has 0 spiro atoms. The van der Waals surface area contributed by atoms with Crippen molar-refractivity contribution < 1.29 is 12.8 Å². The van der Waals surface area contributed by atoms with Crippen molar-refractivity contribution in [3.63, 3.8) is 0 Å². The SMILES string of the molecule is NC1CC(NS(=O)(=O)c2ccc(F)c(Cl)c2)C1. The van der Waals surface area contributed by atoms with Gasteiger partial charge in [0.1, 0.15) is 5.82 Å². The van der Waals surface area contributed by atoms with Crippen LogP contribution in [0.1, 0.15) is 12.8 Å². The van der Waals surface area contributed by atoms with E-state index in [9.17, 15) is 12.8 Å². The fourth-order valence-corrected chi connectivity index (χ4v) is 3.22. The molecule has 0 aromatic heterocycles. The van der Waals surface area contributed by atoms with Crippen molar-refractivity contribution in [3.05, 3.63) is 29.0 Å². The smallest absolute Gasteiger partial charge is 0.240 e. The van der Waals surface area contributed by atoms with Gasteiger partial charge in [0.15, 0.2) is 0 Å². The van der Waals surface area contributed by atoms with Crippen molar-refractivity contribution in [2.75, 3.05) is 0 Å². The third-order valence-corrected chi connectivity index (χ3v) is 4.51. The lowest BCUT2D eigenvalue weighted by atomic mass is 9.89. The third-order valence-electron chi connectivity index (χ3n) is 2.70. The summed E-state index contributed by atoms with van der Waals surface area (Å²) in [6.07, 6.45) is 1.24. The molecule has 7 heteroatoms. The molecule has 0 aliphatic heterocycles. The summed E-state index contributed by atoms with van der Waals surface area (Å²) < 4.78 is 39.2. The molecule has 0 atom stereocenters. The largest absolute Gasteiger partial charge is 0.328 e. The number of hydrogen-bond acceptors (Lipinski definition) is 3. The summed E-state index contributed by atoms with van der Waals surface area (Å²) in [7, 11) is -3.64. The lowest BCUT2D eigenvalue weighted by Crippen LogP contribution is -2.50. The number of sulfonamides is 1. The second-order valence-electron chi connectivity index (χ2n) is 4.13. The summed E-state index contributed by atoms with van der Waals surface area (Å²) in [5, 5.41) is -0.210. The van der Waals surface area contributed by atoms with Crippen LogP contribution in [0.4, 0.5) is 4.39 Å². The maximum Gasteiger partial charge on any atom is 0.240 e. The molecule has 94 valence electrons. The maximum absolute atomic E-state index is 12.9. The molecule has 0 radical (unpaired) electrons. The van der Waals surface area contributed by atoms with Crippen molar-refractivity contribution in [1.82, 2.24) is 4.72 Å². The van der Waals surface area contributed by atoms with Gasteiger partial charge in [0, 0.05) is 12.1 Å². The minimum absolute atomic E-state index is 0.0376. The Hall–Kier alpha value is -0.690. The van der Waals surface area contributed by atoms with E-state index < -0.39 is 15.8 Å². The van der Waals surface area contributed by atoms with Gasteiger partial charge in [0.25, 0.3) is 0 Å². The zero-order valence-electron chi connectivity index (χ0n) is 8.86. The monoisotopic (exact) mass is 278 g/mol. The first-order valence-electron chi connectivity index (χ1n) is 5.11. The van der Waals surface area contributed by atoms with Crippen LogP contribution in [0.5, 0.6) is 0 Å². The van der Waals surface area contributed by atoms with Crippen molar-refractivity contribution in [2.24, 2.45) is 5.73 Å². The fraction of sp³-hybridized carbons (Fsp3) is 0.400. The van der Waals surface area contributed by atoms with Gasteiger partial charge >= 0.3 is 0 Å². The second-order valence-corrected chi connectivity index (χ2v) is 6.25. The van der Waals surface area contributed by atoms with E-state index in [1.54, 1.807) is 0 Å². The van der Waals surface area contributed by atoms with Gasteiger partial charge < -0.3 is 5.73 Å². The molecule has 3 N–H and O–H groups in total. The molecule has 0 amide bonds. The van der Waals surface area contributed by atoms with Crippen molar-refractivity contribution in [1.29, 1.82) is 0 Å². The van der Waals surface area contributed by atoms with Gasteiger partial charge in [-0.25, -0.2) is 17.5 Å². The number of nitrogens with two attached hydrogens (primary N) is 1. The van der Waals surface area contributed by atoms with Gasteiger partial charge in [0.2, 0.25) is 10.0 Å². The molecule has 0 heterocycles. The fourth-order valence-electron chi connectivity index (χ4n) is 1.69. The molecule has 0 saturated heterocycles. The zero-order valence-corrected chi connectivity index (χ0v) is 10.4. The summed E-state index contributed by atoms with van der Waals surface area (Å²) >= 11 is 5.54. The number of rotatable bonds is 3. The molecule has 0 unspecified atom stereocenters. The van der Waals surface area contributed by atoms with Crippen LogP contribution in [-0.4, -0.2) is 20.5 Å². The van der Waals surface area contributed by atoms with E-state index in [0.717, 1.165) is 12.1 Å². The van der Waals surface area contributed by atoms with E-state index in [1.165, 1.54) is 6.07 Å².